The molecule has 0 bridgehead atoms. The molecule has 4 nitrogen and oxygen atoms in total. The molecule has 1 aromatic rings. The smallest absolute Gasteiger partial charge is 0.347 e. The SMILES string of the molecule is O=C(NCCCl)C(=O)Nc1cc(C(F)(F)F)cc(C(F)(F)F)c1. The zero-order valence-electron chi connectivity index (χ0n) is 11.1. The number of benzene rings is 1. The summed E-state index contributed by atoms with van der Waals surface area (Å²) in [5.74, 6) is -2.68. The van der Waals surface area contributed by atoms with Gasteiger partial charge in [0.05, 0.1) is 11.1 Å². The summed E-state index contributed by atoms with van der Waals surface area (Å²) in [6, 6.07) is 0.493. The maximum Gasteiger partial charge on any atom is 0.416 e. The first-order chi connectivity index (χ1) is 10.4. The van der Waals surface area contributed by atoms with Gasteiger partial charge < -0.3 is 10.6 Å². The van der Waals surface area contributed by atoms with Crippen molar-refractivity contribution in [1.29, 1.82) is 0 Å². The van der Waals surface area contributed by atoms with E-state index >= 15 is 0 Å². The fourth-order valence-electron chi connectivity index (χ4n) is 1.46. The minimum Gasteiger partial charge on any atom is -0.347 e. The first-order valence-electron chi connectivity index (χ1n) is 5.90. The Morgan fingerprint density at radius 3 is 1.78 bits per heavy atom. The van der Waals surface area contributed by atoms with Gasteiger partial charge in [0.25, 0.3) is 0 Å². The van der Waals surface area contributed by atoms with Crippen LogP contribution in [0.1, 0.15) is 11.1 Å². The van der Waals surface area contributed by atoms with Crippen molar-refractivity contribution in [2.45, 2.75) is 12.4 Å². The van der Waals surface area contributed by atoms with Crippen molar-refractivity contribution < 1.29 is 35.9 Å². The van der Waals surface area contributed by atoms with Crippen LogP contribution in [0.25, 0.3) is 0 Å². The second-order valence-electron chi connectivity index (χ2n) is 4.19. The molecule has 0 fully saturated rings. The van der Waals surface area contributed by atoms with Gasteiger partial charge >= 0.3 is 24.2 Å². The van der Waals surface area contributed by atoms with Gasteiger partial charge in [-0.3, -0.25) is 9.59 Å². The molecular formula is C12H9ClF6N2O2. The lowest BCUT2D eigenvalue weighted by atomic mass is 10.1. The van der Waals surface area contributed by atoms with Gasteiger partial charge in [0.15, 0.2) is 0 Å². The number of amides is 2. The molecule has 0 aliphatic rings. The number of hydrogen-bond acceptors (Lipinski definition) is 2. The minimum absolute atomic E-state index is 0.0270. The van der Waals surface area contributed by atoms with Crippen LogP contribution in [0.15, 0.2) is 18.2 Å². The van der Waals surface area contributed by atoms with Gasteiger partial charge in [-0.15, -0.1) is 11.6 Å². The molecule has 0 unspecified atom stereocenters. The van der Waals surface area contributed by atoms with Crippen LogP contribution in [0, 0.1) is 0 Å². The standard InChI is InChI=1S/C12H9ClF6N2O2/c13-1-2-20-9(22)10(23)21-8-4-6(11(14,15)16)3-7(5-8)12(17,18)19/h3-5H,1-2H2,(H,20,22)(H,21,23). The summed E-state index contributed by atoms with van der Waals surface area (Å²) in [5, 5.41) is 3.70. The Balaban J connectivity index is 3.11. The van der Waals surface area contributed by atoms with Crippen molar-refractivity contribution in [2.75, 3.05) is 17.7 Å². The summed E-state index contributed by atoms with van der Waals surface area (Å²) in [7, 11) is 0. The lowest BCUT2D eigenvalue weighted by Crippen LogP contribution is -2.36. The third-order valence-corrected chi connectivity index (χ3v) is 2.62. The van der Waals surface area contributed by atoms with Gasteiger partial charge in [-0.2, -0.15) is 26.3 Å². The molecule has 2 N–H and O–H groups in total. The Morgan fingerprint density at radius 1 is 0.913 bits per heavy atom. The van der Waals surface area contributed by atoms with Crippen molar-refractivity contribution in [2.24, 2.45) is 0 Å². The molecule has 0 atom stereocenters. The number of nitrogens with one attached hydrogen (secondary N) is 2. The van der Waals surface area contributed by atoms with E-state index in [2.05, 4.69) is 0 Å². The molecule has 0 aromatic heterocycles. The van der Waals surface area contributed by atoms with Gasteiger partial charge in [0, 0.05) is 18.1 Å². The van der Waals surface area contributed by atoms with Crippen LogP contribution in [0.4, 0.5) is 32.0 Å². The summed E-state index contributed by atoms with van der Waals surface area (Å²) in [6.07, 6.45) is -10.1. The second-order valence-corrected chi connectivity index (χ2v) is 4.57. The molecule has 2 amide bonds. The van der Waals surface area contributed by atoms with E-state index in [1.54, 1.807) is 5.32 Å². The topological polar surface area (TPSA) is 58.2 Å². The van der Waals surface area contributed by atoms with Crippen LogP contribution in [-0.2, 0) is 21.9 Å². The number of carbonyl (C=O) groups is 2. The van der Waals surface area contributed by atoms with E-state index in [1.807, 2.05) is 5.32 Å². The lowest BCUT2D eigenvalue weighted by Gasteiger charge is -2.14. The van der Waals surface area contributed by atoms with E-state index < -0.39 is 41.0 Å². The summed E-state index contributed by atoms with van der Waals surface area (Å²) >= 11 is 5.26. The van der Waals surface area contributed by atoms with E-state index in [1.165, 1.54) is 0 Å². The Bertz CT molecular complexity index is 568. The van der Waals surface area contributed by atoms with Crippen molar-refractivity contribution in [3.8, 4) is 0 Å². The van der Waals surface area contributed by atoms with Crippen molar-refractivity contribution in [3.05, 3.63) is 29.3 Å². The molecule has 0 saturated carbocycles. The zero-order valence-corrected chi connectivity index (χ0v) is 11.9. The molecular weight excluding hydrogens is 354 g/mol. The van der Waals surface area contributed by atoms with Crippen LogP contribution in [0.2, 0.25) is 0 Å². The molecule has 11 heteroatoms. The van der Waals surface area contributed by atoms with Crippen LogP contribution >= 0.6 is 11.6 Å². The summed E-state index contributed by atoms with van der Waals surface area (Å²) in [6.45, 7) is -0.0931. The fourth-order valence-corrected chi connectivity index (χ4v) is 1.55. The molecule has 0 heterocycles. The lowest BCUT2D eigenvalue weighted by molar-refractivity contribution is -0.143. The normalized spacial score (nSPS) is 12.0. The molecule has 0 radical (unpaired) electrons. The number of carbonyl (C=O) groups excluding carboxylic acids is 2. The van der Waals surface area contributed by atoms with Crippen molar-refractivity contribution in [1.82, 2.24) is 5.32 Å². The van der Waals surface area contributed by atoms with Gasteiger partial charge in [-0.25, -0.2) is 0 Å². The predicted octanol–water partition coefficient (Wildman–Crippen LogP) is 3.02. The molecule has 0 aliphatic carbocycles. The number of rotatable bonds is 3. The zero-order chi connectivity index (χ0) is 17.8. The van der Waals surface area contributed by atoms with E-state index in [0.29, 0.717) is 12.1 Å². The van der Waals surface area contributed by atoms with Crippen molar-refractivity contribution >= 4 is 29.1 Å². The highest BCUT2D eigenvalue weighted by molar-refractivity contribution is 6.39. The Kier molecular flexibility index (Phi) is 5.86. The number of alkyl halides is 7. The monoisotopic (exact) mass is 362 g/mol. The van der Waals surface area contributed by atoms with Crippen LogP contribution in [0.5, 0.6) is 0 Å². The van der Waals surface area contributed by atoms with E-state index in [9.17, 15) is 35.9 Å². The van der Waals surface area contributed by atoms with Gasteiger partial charge in [0.2, 0.25) is 0 Å². The number of hydrogen-bond donors (Lipinski definition) is 2. The maximum absolute atomic E-state index is 12.6. The first-order valence-corrected chi connectivity index (χ1v) is 6.43. The molecule has 1 aromatic carbocycles. The van der Waals surface area contributed by atoms with Gasteiger partial charge in [0.1, 0.15) is 0 Å². The molecule has 0 spiro atoms. The molecule has 23 heavy (non-hydrogen) atoms. The second kappa shape index (κ2) is 7.07. The molecule has 0 saturated heterocycles. The van der Waals surface area contributed by atoms with E-state index in [4.69, 9.17) is 11.6 Å². The predicted molar refractivity (Wildman–Crippen MR) is 68.8 cm³/mol. The highest BCUT2D eigenvalue weighted by Crippen LogP contribution is 2.37. The summed E-state index contributed by atoms with van der Waals surface area (Å²) in [4.78, 5) is 22.7. The highest BCUT2D eigenvalue weighted by atomic mass is 35.5. The number of anilines is 1. The molecule has 128 valence electrons. The fraction of sp³-hybridized carbons (Fsp3) is 0.333. The average Bonchev–Trinajstić information content (AvgIpc) is 2.42. The maximum atomic E-state index is 12.6. The Morgan fingerprint density at radius 2 is 1.39 bits per heavy atom. The summed E-state index contributed by atoms with van der Waals surface area (Å²) < 4.78 is 75.7. The first kappa shape index (κ1) is 19.1. The third kappa shape index (κ3) is 5.62. The van der Waals surface area contributed by atoms with E-state index in [0.717, 1.165) is 0 Å². The largest absolute Gasteiger partial charge is 0.416 e. The summed E-state index contributed by atoms with van der Waals surface area (Å²) in [5.41, 5.74) is -4.02. The van der Waals surface area contributed by atoms with Gasteiger partial charge in [-0.05, 0) is 18.2 Å². The third-order valence-electron chi connectivity index (χ3n) is 2.43. The average molecular weight is 363 g/mol. The Hall–Kier alpha value is -1.97. The Labute approximate surface area is 130 Å². The van der Waals surface area contributed by atoms with Crippen LogP contribution in [0.3, 0.4) is 0 Å². The molecule has 1 rings (SSSR count). The highest BCUT2D eigenvalue weighted by Gasteiger charge is 2.37. The molecule has 0 aliphatic heterocycles. The van der Waals surface area contributed by atoms with Crippen molar-refractivity contribution in [3.63, 3.8) is 0 Å². The van der Waals surface area contributed by atoms with E-state index in [-0.39, 0.29) is 18.5 Å². The minimum atomic E-state index is -5.05. The number of halogens is 7. The van der Waals surface area contributed by atoms with Crippen LogP contribution < -0.4 is 10.6 Å². The van der Waals surface area contributed by atoms with Gasteiger partial charge in [-0.1, -0.05) is 0 Å². The quantitative estimate of drug-likeness (QED) is 0.493. The van der Waals surface area contributed by atoms with Crippen LogP contribution in [-0.4, -0.2) is 24.2 Å².